The van der Waals surface area contributed by atoms with E-state index in [0.717, 1.165) is 19.0 Å². The number of hydrogen-bond acceptors (Lipinski definition) is 5. The van der Waals surface area contributed by atoms with Crippen LogP contribution in [0.2, 0.25) is 0 Å². The maximum Gasteiger partial charge on any atom is 0.194 e. The molecule has 0 aromatic carbocycles. The number of rotatable bonds is 0. The van der Waals surface area contributed by atoms with Crippen LogP contribution in [0.3, 0.4) is 0 Å². The fourth-order valence-corrected chi connectivity index (χ4v) is 2.76. The molecule has 0 spiro atoms. The second-order valence-corrected chi connectivity index (χ2v) is 5.37. The van der Waals surface area contributed by atoms with Gasteiger partial charge in [0.25, 0.3) is 0 Å². The molecule has 2 rings (SSSR count). The summed E-state index contributed by atoms with van der Waals surface area (Å²) in [7, 11) is 0. The van der Waals surface area contributed by atoms with E-state index in [9.17, 15) is 5.11 Å². The average Bonchev–Trinajstić information content (AvgIpc) is 2.19. The van der Waals surface area contributed by atoms with E-state index in [4.69, 9.17) is 0 Å². The quantitative estimate of drug-likeness (QED) is 0.585. The Morgan fingerprint density at radius 2 is 2.50 bits per heavy atom. The molecule has 2 atom stereocenters. The van der Waals surface area contributed by atoms with Gasteiger partial charge < -0.3 is 15.3 Å². The van der Waals surface area contributed by atoms with E-state index in [1.165, 1.54) is 5.75 Å². The Morgan fingerprint density at radius 1 is 1.64 bits per heavy atom. The lowest BCUT2D eigenvalue weighted by Gasteiger charge is -2.35. The van der Waals surface area contributed by atoms with E-state index >= 15 is 0 Å². The van der Waals surface area contributed by atoms with Crippen LogP contribution in [0.5, 0.6) is 0 Å². The van der Waals surface area contributed by atoms with Gasteiger partial charge in [-0.25, -0.2) is 0 Å². The molecule has 0 bridgehead atoms. The van der Waals surface area contributed by atoms with Crippen molar-refractivity contribution in [3.05, 3.63) is 0 Å². The van der Waals surface area contributed by atoms with Gasteiger partial charge >= 0.3 is 0 Å². The van der Waals surface area contributed by atoms with Crippen molar-refractivity contribution in [2.45, 2.75) is 18.3 Å². The van der Waals surface area contributed by atoms with Crippen LogP contribution in [-0.4, -0.2) is 59.3 Å². The van der Waals surface area contributed by atoms with Crippen molar-refractivity contribution in [1.29, 1.82) is 0 Å². The predicted molar refractivity (Wildman–Crippen MR) is 59.8 cm³/mol. The van der Waals surface area contributed by atoms with E-state index in [1.54, 1.807) is 0 Å². The first-order chi connectivity index (χ1) is 6.75. The number of aliphatic hydroxyl groups excluding tert-OH is 1. The van der Waals surface area contributed by atoms with Crippen molar-refractivity contribution < 1.29 is 5.11 Å². The molecular weight excluding hydrogens is 198 g/mol. The zero-order chi connectivity index (χ0) is 9.97. The van der Waals surface area contributed by atoms with Crippen LogP contribution in [0.25, 0.3) is 0 Å². The smallest absolute Gasteiger partial charge is 0.194 e. The van der Waals surface area contributed by atoms with E-state index in [1.807, 2.05) is 11.8 Å². The Bertz CT molecular complexity index is 234. The lowest BCUT2D eigenvalue weighted by atomic mass is 10.3. The van der Waals surface area contributed by atoms with Crippen LogP contribution in [-0.2, 0) is 0 Å². The largest absolute Gasteiger partial charge is 0.389 e. The van der Waals surface area contributed by atoms with Gasteiger partial charge in [0.2, 0.25) is 0 Å². The highest BCUT2D eigenvalue weighted by molar-refractivity contribution is 7.99. The Kier molecular flexibility index (Phi) is 3.18. The van der Waals surface area contributed by atoms with Crippen molar-refractivity contribution in [1.82, 2.24) is 10.2 Å². The molecule has 0 aromatic heterocycles. The minimum atomic E-state index is -0.310. The molecule has 0 radical (unpaired) electrons. The monoisotopic (exact) mass is 215 g/mol. The van der Waals surface area contributed by atoms with Gasteiger partial charge in [-0.15, -0.1) is 0 Å². The summed E-state index contributed by atoms with van der Waals surface area (Å²) in [5.74, 6) is 2.15. The lowest BCUT2D eigenvalue weighted by Crippen LogP contribution is -2.51. The first kappa shape index (κ1) is 10.1. The van der Waals surface area contributed by atoms with Crippen molar-refractivity contribution in [2.75, 3.05) is 31.9 Å². The summed E-state index contributed by atoms with van der Waals surface area (Å²) in [5.41, 5.74) is 0. The number of thioether (sulfide) groups is 1. The third-order valence-electron chi connectivity index (χ3n) is 2.49. The molecule has 4 nitrogen and oxygen atoms in total. The summed E-state index contributed by atoms with van der Waals surface area (Å²) in [6, 6.07) is 0. The first-order valence-electron chi connectivity index (χ1n) is 5.08. The average molecular weight is 215 g/mol. The molecule has 80 valence electrons. The van der Waals surface area contributed by atoms with Gasteiger partial charge in [0, 0.05) is 30.6 Å². The number of β-amino-alcohol motifs (C(OH)–C–C–N with tert-alkyl or cyclic N) is 1. The number of guanidine groups is 1. The molecular formula is C9H17N3OS. The van der Waals surface area contributed by atoms with E-state index in [2.05, 4.69) is 22.1 Å². The standard InChI is InChI=1S/C9H17N3OS/c1-7-6-12(2-3-14-7)9-10-4-8(13)5-11-9/h7-8,13H,2-6H2,1H3,(H,10,11). The van der Waals surface area contributed by atoms with Gasteiger partial charge in [-0.3, -0.25) is 4.99 Å². The van der Waals surface area contributed by atoms with Crippen molar-refractivity contribution in [3.8, 4) is 0 Å². The van der Waals surface area contributed by atoms with Crippen molar-refractivity contribution >= 4 is 17.7 Å². The SMILES string of the molecule is CC1CN(C2=NCC(O)CN2)CCS1. The Labute approximate surface area is 88.8 Å². The minimum absolute atomic E-state index is 0.310. The summed E-state index contributed by atoms with van der Waals surface area (Å²) >= 11 is 2.01. The second kappa shape index (κ2) is 4.40. The molecule has 2 unspecified atom stereocenters. The molecule has 0 amide bonds. The summed E-state index contributed by atoms with van der Waals surface area (Å²) < 4.78 is 0. The lowest BCUT2D eigenvalue weighted by molar-refractivity contribution is 0.177. The maximum absolute atomic E-state index is 9.29. The number of hydrogen-bond donors (Lipinski definition) is 2. The van der Waals surface area contributed by atoms with Crippen LogP contribution in [0.1, 0.15) is 6.92 Å². The summed E-state index contributed by atoms with van der Waals surface area (Å²) in [5, 5.41) is 13.1. The third kappa shape index (κ3) is 2.33. The summed E-state index contributed by atoms with van der Waals surface area (Å²) in [6.45, 7) is 5.55. The van der Waals surface area contributed by atoms with Gasteiger partial charge in [-0.2, -0.15) is 11.8 Å². The van der Waals surface area contributed by atoms with Crippen LogP contribution in [0.4, 0.5) is 0 Å². The summed E-state index contributed by atoms with van der Waals surface area (Å²) in [4.78, 5) is 6.63. The molecule has 2 heterocycles. The molecule has 1 fully saturated rings. The first-order valence-corrected chi connectivity index (χ1v) is 6.13. The molecule has 2 aliphatic rings. The molecule has 5 heteroatoms. The Hall–Kier alpha value is -0.420. The summed E-state index contributed by atoms with van der Waals surface area (Å²) in [6.07, 6.45) is -0.310. The number of nitrogens with zero attached hydrogens (tertiary/aromatic N) is 2. The Morgan fingerprint density at radius 3 is 3.14 bits per heavy atom. The predicted octanol–water partition coefficient (Wildman–Crippen LogP) is -0.256. The fraction of sp³-hybridized carbons (Fsp3) is 0.889. The van der Waals surface area contributed by atoms with Crippen LogP contribution >= 0.6 is 11.8 Å². The molecule has 0 aromatic rings. The van der Waals surface area contributed by atoms with Crippen molar-refractivity contribution in [2.24, 2.45) is 4.99 Å². The topological polar surface area (TPSA) is 47.9 Å². The number of aliphatic hydroxyl groups is 1. The van der Waals surface area contributed by atoms with Crippen molar-refractivity contribution in [3.63, 3.8) is 0 Å². The van der Waals surface area contributed by atoms with Gasteiger partial charge in [0.15, 0.2) is 5.96 Å². The highest BCUT2D eigenvalue weighted by Gasteiger charge is 2.22. The molecule has 2 N–H and O–H groups in total. The van der Waals surface area contributed by atoms with Gasteiger partial charge in [0.05, 0.1) is 12.6 Å². The van der Waals surface area contributed by atoms with E-state index in [-0.39, 0.29) is 6.10 Å². The number of nitrogens with one attached hydrogen (secondary N) is 1. The van der Waals surface area contributed by atoms with Crippen LogP contribution in [0.15, 0.2) is 4.99 Å². The fourth-order valence-electron chi connectivity index (χ4n) is 1.74. The molecule has 14 heavy (non-hydrogen) atoms. The van der Waals surface area contributed by atoms with Gasteiger partial charge in [0.1, 0.15) is 0 Å². The highest BCUT2D eigenvalue weighted by Crippen LogP contribution is 2.17. The minimum Gasteiger partial charge on any atom is -0.389 e. The maximum atomic E-state index is 9.29. The molecule has 0 saturated carbocycles. The zero-order valence-electron chi connectivity index (χ0n) is 8.44. The third-order valence-corrected chi connectivity index (χ3v) is 3.62. The molecule has 0 aliphatic carbocycles. The van der Waals surface area contributed by atoms with E-state index in [0.29, 0.717) is 18.3 Å². The van der Waals surface area contributed by atoms with Crippen LogP contribution in [0, 0.1) is 0 Å². The molecule has 1 saturated heterocycles. The van der Waals surface area contributed by atoms with Crippen LogP contribution < -0.4 is 5.32 Å². The zero-order valence-corrected chi connectivity index (χ0v) is 9.26. The van der Waals surface area contributed by atoms with Gasteiger partial charge in [-0.05, 0) is 0 Å². The second-order valence-electron chi connectivity index (χ2n) is 3.83. The Balaban J connectivity index is 1.94. The highest BCUT2D eigenvalue weighted by atomic mass is 32.2. The molecule has 2 aliphatic heterocycles. The van der Waals surface area contributed by atoms with Gasteiger partial charge in [-0.1, -0.05) is 6.92 Å². The normalized spacial score (nSPS) is 33.6. The number of aliphatic imine (C=N–C) groups is 1. The van der Waals surface area contributed by atoms with E-state index < -0.39 is 0 Å².